The van der Waals surface area contributed by atoms with Crippen molar-refractivity contribution in [3.05, 3.63) is 29.8 Å². The van der Waals surface area contributed by atoms with Gasteiger partial charge in [-0.3, -0.25) is 9.69 Å². The maximum atomic E-state index is 12.0. The van der Waals surface area contributed by atoms with Crippen LogP contribution in [0, 0.1) is 0 Å². The van der Waals surface area contributed by atoms with E-state index in [4.69, 9.17) is 0 Å². The van der Waals surface area contributed by atoms with Gasteiger partial charge in [0.15, 0.2) is 0 Å². The molecular weight excluding hydrogens is 228 g/mol. The van der Waals surface area contributed by atoms with E-state index in [2.05, 4.69) is 0 Å². The van der Waals surface area contributed by atoms with Crippen molar-refractivity contribution in [3.63, 3.8) is 0 Å². The fraction of sp³-hybridized carbons (Fsp3) is 0.429. The second-order valence-electron chi connectivity index (χ2n) is 4.66. The predicted molar refractivity (Wildman–Crippen MR) is 70.7 cm³/mol. The number of anilines is 1. The molecule has 4 heteroatoms. The lowest BCUT2D eigenvalue weighted by atomic mass is 10.1. The number of hydrogen-bond donors (Lipinski definition) is 0. The fourth-order valence-corrected chi connectivity index (χ4v) is 2.17. The molecule has 0 bridgehead atoms. The molecule has 1 saturated heterocycles. The van der Waals surface area contributed by atoms with E-state index in [1.54, 1.807) is 0 Å². The first-order valence-electron chi connectivity index (χ1n) is 6.22. The van der Waals surface area contributed by atoms with Gasteiger partial charge in [0.25, 0.3) is 0 Å². The minimum atomic E-state index is 0.135. The van der Waals surface area contributed by atoms with Crippen LogP contribution in [0.1, 0.15) is 12.0 Å². The molecule has 1 aliphatic heterocycles. The Labute approximate surface area is 107 Å². The first-order valence-corrected chi connectivity index (χ1v) is 6.22. The highest BCUT2D eigenvalue weighted by molar-refractivity contribution is 5.95. The Morgan fingerprint density at radius 2 is 2.17 bits per heavy atom. The summed E-state index contributed by atoms with van der Waals surface area (Å²) in [5.41, 5.74) is 2.04. The summed E-state index contributed by atoms with van der Waals surface area (Å²) in [4.78, 5) is 26.2. The first-order chi connectivity index (χ1) is 8.70. The van der Waals surface area contributed by atoms with Crippen molar-refractivity contribution < 1.29 is 9.59 Å². The topological polar surface area (TPSA) is 40.6 Å². The van der Waals surface area contributed by atoms with Gasteiger partial charge >= 0.3 is 0 Å². The molecule has 0 atom stereocenters. The highest BCUT2D eigenvalue weighted by Gasteiger charge is 2.22. The van der Waals surface area contributed by atoms with E-state index in [0.717, 1.165) is 37.0 Å². The summed E-state index contributed by atoms with van der Waals surface area (Å²) in [5.74, 6) is 0.135. The quantitative estimate of drug-likeness (QED) is 0.747. The van der Waals surface area contributed by atoms with Crippen LogP contribution in [-0.4, -0.2) is 43.8 Å². The summed E-state index contributed by atoms with van der Waals surface area (Å²) in [6.07, 6.45) is 2.19. The van der Waals surface area contributed by atoms with Gasteiger partial charge in [-0.2, -0.15) is 0 Å². The smallest absolute Gasteiger partial charge is 0.241 e. The summed E-state index contributed by atoms with van der Waals surface area (Å²) in [6, 6.07) is 7.90. The zero-order valence-corrected chi connectivity index (χ0v) is 10.6. The highest BCUT2D eigenvalue weighted by atomic mass is 16.2. The number of aldehydes is 1. The second kappa shape index (κ2) is 5.78. The molecule has 1 aromatic carbocycles. The molecule has 1 aliphatic rings. The Morgan fingerprint density at radius 1 is 1.33 bits per heavy atom. The lowest BCUT2D eigenvalue weighted by Gasteiger charge is -2.32. The van der Waals surface area contributed by atoms with Crippen molar-refractivity contribution in [2.24, 2.45) is 0 Å². The third-order valence-electron chi connectivity index (χ3n) is 3.18. The molecule has 2 rings (SSSR count). The number of carbonyl (C=O) groups is 2. The van der Waals surface area contributed by atoms with Crippen molar-refractivity contribution in [3.8, 4) is 0 Å². The van der Waals surface area contributed by atoms with Gasteiger partial charge in [0.1, 0.15) is 6.29 Å². The molecule has 0 aliphatic carbocycles. The van der Waals surface area contributed by atoms with Crippen LogP contribution in [0.15, 0.2) is 24.3 Å². The number of aryl methyl sites for hydroxylation is 1. The van der Waals surface area contributed by atoms with Crippen molar-refractivity contribution in [1.29, 1.82) is 0 Å². The SMILES string of the molecule is CN1CCN(c2cccc(CCC=O)c2)C(=O)C1. The number of carbonyl (C=O) groups excluding carboxylic acids is 2. The van der Waals surface area contributed by atoms with Crippen molar-refractivity contribution in [2.45, 2.75) is 12.8 Å². The lowest BCUT2D eigenvalue weighted by molar-refractivity contribution is -0.120. The van der Waals surface area contributed by atoms with E-state index in [0.29, 0.717) is 13.0 Å². The number of benzene rings is 1. The molecule has 0 spiro atoms. The largest absolute Gasteiger partial charge is 0.310 e. The molecule has 1 heterocycles. The summed E-state index contributed by atoms with van der Waals surface area (Å²) in [7, 11) is 1.95. The van der Waals surface area contributed by atoms with Crippen LogP contribution in [-0.2, 0) is 16.0 Å². The summed E-state index contributed by atoms with van der Waals surface area (Å²) < 4.78 is 0. The van der Waals surface area contributed by atoms with Gasteiger partial charge in [0.05, 0.1) is 6.54 Å². The number of rotatable bonds is 4. The van der Waals surface area contributed by atoms with Gasteiger partial charge < -0.3 is 9.69 Å². The number of likely N-dealkylation sites (N-methyl/N-ethyl adjacent to an activating group) is 1. The molecule has 0 unspecified atom stereocenters. The minimum Gasteiger partial charge on any atom is -0.310 e. The molecule has 0 N–H and O–H groups in total. The van der Waals surface area contributed by atoms with Crippen LogP contribution in [0.3, 0.4) is 0 Å². The Balaban J connectivity index is 2.12. The van der Waals surface area contributed by atoms with Crippen LogP contribution in [0.4, 0.5) is 5.69 Å². The average molecular weight is 246 g/mol. The second-order valence-corrected chi connectivity index (χ2v) is 4.66. The van der Waals surface area contributed by atoms with Crippen LogP contribution in [0.5, 0.6) is 0 Å². The van der Waals surface area contributed by atoms with Gasteiger partial charge in [-0.1, -0.05) is 12.1 Å². The normalized spacial score (nSPS) is 16.9. The van der Waals surface area contributed by atoms with Crippen molar-refractivity contribution in [2.75, 3.05) is 31.6 Å². The van der Waals surface area contributed by atoms with Gasteiger partial charge in [-0.25, -0.2) is 0 Å². The van der Waals surface area contributed by atoms with Crippen LogP contribution < -0.4 is 4.90 Å². The maximum absolute atomic E-state index is 12.0. The molecule has 18 heavy (non-hydrogen) atoms. The van der Waals surface area contributed by atoms with Gasteiger partial charge in [0.2, 0.25) is 5.91 Å². The molecule has 96 valence electrons. The average Bonchev–Trinajstić information content (AvgIpc) is 2.36. The molecule has 1 fully saturated rings. The van der Waals surface area contributed by atoms with Crippen molar-refractivity contribution in [1.82, 2.24) is 4.90 Å². The fourth-order valence-electron chi connectivity index (χ4n) is 2.17. The number of nitrogens with zero attached hydrogens (tertiary/aromatic N) is 2. The molecule has 1 amide bonds. The minimum absolute atomic E-state index is 0.135. The van der Waals surface area contributed by atoms with E-state index in [1.165, 1.54) is 0 Å². The number of amides is 1. The van der Waals surface area contributed by atoms with E-state index >= 15 is 0 Å². The zero-order chi connectivity index (χ0) is 13.0. The van der Waals surface area contributed by atoms with Crippen LogP contribution >= 0.6 is 0 Å². The molecule has 0 aromatic heterocycles. The number of piperazine rings is 1. The number of hydrogen-bond acceptors (Lipinski definition) is 3. The maximum Gasteiger partial charge on any atom is 0.241 e. The van der Waals surface area contributed by atoms with Crippen molar-refractivity contribution >= 4 is 17.9 Å². The summed E-state index contributed by atoms with van der Waals surface area (Å²) in [5, 5.41) is 0. The third-order valence-corrected chi connectivity index (χ3v) is 3.18. The highest BCUT2D eigenvalue weighted by Crippen LogP contribution is 2.19. The van der Waals surface area contributed by atoms with E-state index in [9.17, 15) is 9.59 Å². The molecular formula is C14H18N2O2. The van der Waals surface area contributed by atoms with Crippen LogP contribution in [0.2, 0.25) is 0 Å². The Kier molecular flexibility index (Phi) is 4.10. The molecule has 4 nitrogen and oxygen atoms in total. The molecule has 1 aromatic rings. The standard InChI is InChI=1S/C14H18N2O2/c1-15-7-8-16(14(18)11-15)13-6-2-4-12(10-13)5-3-9-17/h2,4,6,9-10H,3,5,7-8,11H2,1H3. The lowest BCUT2D eigenvalue weighted by Crippen LogP contribution is -2.48. The Morgan fingerprint density at radius 3 is 2.89 bits per heavy atom. The van der Waals surface area contributed by atoms with E-state index < -0.39 is 0 Å². The van der Waals surface area contributed by atoms with Crippen LogP contribution in [0.25, 0.3) is 0 Å². The predicted octanol–water partition coefficient (Wildman–Crippen LogP) is 1.10. The molecule has 0 saturated carbocycles. The summed E-state index contributed by atoms with van der Waals surface area (Å²) in [6.45, 7) is 2.09. The van der Waals surface area contributed by atoms with Gasteiger partial charge in [-0.15, -0.1) is 0 Å². The van der Waals surface area contributed by atoms with E-state index in [1.807, 2.05) is 41.1 Å². The van der Waals surface area contributed by atoms with Gasteiger partial charge in [-0.05, 0) is 31.2 Å². The Hall–Kier alpha value is -1.68. The third kappa shape index (κ3) is 2.96. The summed E-state index contributed by atoms with van der Waals surface area (Å²) >= 11 is 0. The van der Waals surface area contributed by atoms with E-state index in [-0.39, 0.29) is 5.91 Å². The monoisotopic (exact) mass is 246 g/mol. The van der Waals surface area contributed by atoms with Gasteiger partial charge in [0, 0.05) is 25.2 Å². The first kappa shape index (κ1) is 12.8. The Bertz CT molecular complexity index is 445. The zero-order valence-electron chi connectivity index (χ0n) is 10.6. The molecule has 0 radical (unpaired) electrons.